The summed E-state index contributed by atoms with van der Waals surface area (Å²) < 4.78 is 31.8. The van der Waals surface area contributed by atoms with Crippen molar-refractivity contribution in [2.75, 3.05) is 31.3 Å². The number of methoxy groups -OCH3 is 1. The highest BCUT2D eigenvalue weighted by Gasteiger charge is 2.33. The minimum atomic E-state index is -3.94. The lowest BCUT2D eigenvalue weighted by atomic mass is 10.0. The van der Waals surface area contributed by atoms with Gasteiger partial charge in [0.2, 0.25) is 21.8 Å². The van der Waals surface area contributed by atoms with Gasteiger partial charge in [-0.25, -0.2) is 8.42 Å². The molecule has 0 aliphatic carbocycles. The van der Waals surface area contributed by atoms with E-state index < -0.39 is 28.5 Å². The predicted octanol–water partition coefficient (Wildman–Crippen LogP) is 4.15. The summed E-state index contributed by atoms with van der Waals surface area (Å²) in [7, 11) is -0.915. The Morgan fingerprint density at radius 2 is 1.66 bits per heavy atom. The lowest BCUT2D eigenvalue weighted by molar-refractivity contribution is -0.139. The van der Waals surface area contributed by atoms with Crippen LogP contribution in [0.3, 0.4) is 0 Å². The van der Waals surface area contributed by atoms with Gasteiger partial charge in [-0.1, -0.05) is 65.7 Å². The van der Waals surface area contributed by atoms with Crippen molar-refractivity contribution in [1.29, 1.82) is 0 Å². The monoisotopic (exact) mass is 577 g/mol. The molecule has 2 amide bonds. The predicted molar refractivity (Wildman–Crippen MR) is 150 cm³/mol. The second-order valence-corrected chi connectivity index (χ2v) is 11.3. The maximum absolute atomic E-state index is 13.9. The number of carbonyl (C=O) groups excluding carboxylic acids is 2. The number of likely N-dealkylation sites (N-methyl/N-ethyl adjacent to an activating group) is 1. The second-order valence-electron chi connectivity index (χ2n) is 8.56. The van der Waals surface area contributed by atoms with Gasteiger partial charge in [0, 0.05) is 25.0 Å². The van der Waals surface area contributed by atoms with Crippen LogP contribution in [0.4, 0.5) is 5.69 Å². The fraction of sp³-hybridized carbons (Fsp3) is 0.259. The van der Waals surface area contributed by atoms with Gasteiger partial charge >= 0.3 is 0 Å². The summed E-state index contributed by atoms with van der Waals surface area (Å²) in [5.74, 6) is -0.394. The Kier molecular flexibility index (Phi) is 10.0. The zero-order valence-electron chi connectivity index (χ0n) is 21.2. The van der Waals surface area contributed by atoms with Crippen LogP contribution in [0.5, 0.6) is 5.75 Å². The van der Waals surface area contributed by atoms with E-state index in [9.17, 15) is 18.0 Å². The normalized spacial score (nSPS) is 11.9. The minimum Gasteiger partial charge on any atom is -0.497 e. The van der Waals surface area contributed by atoms with Crippen molar-refractivity contribution in [2.24, 2.45) is 0 Å². The fourth-order valence-corrected chi connectivity index (χ4v) is 5.39. The van der Waals surface area contributed by atoms with Gasteiger partial charge in [0.25, 0.3) is 0 Å². The molecule has 1 atom stereocenters. The van der Waals surface area contributed by atoms with Gasteiger partial charge in [-0.05, 0) is 41.5 Å². The van der Waals surface area contributed by atoms with Gasteiger partial charge in [-0.15, -0.1) is 0 Å². The molecule has 0 radical (unpaired) electrons. The third-order valence-corrected chi connectivity index (χ3v) is 7.53. The first-order valence-corrected chi connectivity index (χ1v) is 14.2. The van der Waals surface area contributed by atoms with Crippen molar-refractivity contribution in [2.45, 2.75) is 19.0 Å². The van der Waals surface area contributed by atoms with Crippen LogP contribution in [0.1, 0.15) is 11.1 Å². The van der Waals surface area contributed by atoms with Gasteiger partial charge in [0.15, 0.2) is 0 Å². The standard InChI is InChI=1S/C27H29Cl2N3O5S/c1-30-27(34)25(15-19-8-5-4-6-9-19)31(17-20-10-7-11-22(14-20)37-2)26(33)18-32(38(3,35)36)24-13-12-21(28)16-23(24)29/h4-14,16,25H,15,17-18H2,1-3H3,(H,30,34). The number of halogens is 2. The number of sulfonamides is 1. The number of ether oxygens (including phenoxy) is 1. The number of hydrogen-bond donors (Lipinski definition) is 1. The topological polar surface area (TPSA) is 96.0 Å². The smallest absolute Gasteiger partial charge is 0.244 e. The number of rotatable bonds is 11. The lowest BCUT2D eigenvalue weighted by Crippen LogP contribution is -2.52. The van der Waals surface area contributed by atoms with E-state index in [1.165, 1.54) is 37.3 Å². The molecular formula is C27H29Cl2N3O5S. The van der Waals surface area contributed by atoms with Gasteiger partial charge < -0.3 is 15.0 Å². The summed E-state index contributed by atoms with van der Waals surface area (Å²) in [6.45, 7) is -0.542. The van der Waals surface area contributed by atoms with Crippen molar-refractivity contribution >= 4 is 50.7 Å². The Bertz CT molecular complexity index is 1390. The molecule has 3 rings (SSSR count). The van der Waals surface area contributed by atoms with Gasteiger partial charge in [-0.3, -0.25) is 13.9 Å². The van der Waals surface area contributed by atoms with Crippen LogP contribution in [-0.4, -0.2) is 58.1 Å². The van der Waals surface area contributed by atoms with Gasteiger partial charge in [-0.2, -0.15) is 0 Å². The highest BCUT2D eigenvalue weighted by Crippen LogP contribution is 2.30. The minimum absolute atomic E-state index is 0.0346. The van der Waals surface area contributed by atoms with E-state index in [4.69, 9.17) is 27.9 Å². The molecule has 0 spiro atoms. The van der Waals surface area contributed by atoms with Crippen LogP contribution in [0, 0.1) is 0 Å². The second kappa shape index (κ2) is 13.0. The number of nitrogens with one attached hydrogen (secondary N) is 1. The van der Waals surface area contributed by atoms with Crippen LogP contribution in [0.25, 0.3) is 0 Å². The number of hydrogen-bond acceptors (Lipinski definition) is 5. The van der Waals surface area contributed by atoms with Gasteiger partial charge in [0.1, 0.15) is 18.3 Å². The molecule has 202 valence electrons. The molecule has 1 unspecified atom stereocenters. The third-order valence-electron chi connectivity index (χ3n) is 5.86. The first-order chi connectivity index (χ1) is 18.0. The van der Waals surface area contributed by atoms with E-state index in [0.717, 1.165) is 16.1 Å². The largest absolute Gasteiger partial charge is 0.497 e. The quantitative estimate of drug-likeness (QED) is 0.369. The molecule has 3 aromatic carbocycles. The molecule has 3 aromatic rings. The van der Waals surface area contributed by atoms with Crippen LogP contribution in [-0.2, 0) is 32.6 Å². The molecular weight excluding hydrogens is 549 g/mol. The third kappa shape index (κ3) is 7.63. The molecule has 0 bridgehead atoms. The van der Waals surface area contributed by atoms with Crippen molar-refractivity contribution in [1.82, 2.24) is 10.2 Å². The molecule has 38 heavy (non-hydrogen) atoms. The number of anilines is 1. The number of amides is 2. The Labute approximate surface area is 233 Å². The average molecular weight is 579 g/mol. The van der Waals surface area contributed by atoms with Crippen LogP contribution in [0.15, 0.2) is 72.8 Å². The lowest BCUT2D eigenvalue weighted by Gasteiger charge is -2.33. The van der Waals surface area contributed by atoms with E-state index in [-0.39, 0.29) is 29.6 Å². The molecule has 0 heterocycles. The molecule has 0 saturated carbocycles. The van der Waals surface area contributed by atoms with Crippen molar-refractivity contribution in [3.8, 4) is 5.75 Å². The van der Waals surface area contributed by atoms with E-state index in [0.29, 0.717) is 16.3 Å². The Morgan fingerprint density at radius 1 is 0.974 bits per heavy atom. The molecule has 1 N–H and O–H groups in total. The first kappa shape index (κ1) is 29.3. The zero-order chi connectivity index (χ0) is 27.9. The Hall–Kier alpha value is -3.27. The average Bonchev–Trinajstić information content (AvgIpc) is 2.89. The Morgan fingerprint density at radius 3 is 2.26 bits per heavy atom. The summed E-state index contributed by atoms with van der Waals surface area (Å²) in [6, 6.07) is 19.8. The summed E-state index contributed by atoms with van der Waals surface area (Å²) in [4.78, 5) is 28.4. The van der Waals surface area contributed by atoms with Crippen molar-refractivity contribution in [3.05, 3.63) is 94.0 Å². The van der Waals surface area contributed by atoms with Crippen LogP contribution in [0.2, 0.25) is 10.0 Å². The number of nitrogens with zero attached hydrogens (tertiary/aromatic N) is 2. The molecule has 0 aromatic heterocycles. The number of carbonyl (C=O) groups is 2. The summed E-state index contributed by atoms with van der Waals surface area (Å²) in [5, 5.41) is 3.03. The fourth-order valence-electron chi connectivity index (χ4n) is 3.97. The molecule has 11 heteroatoms. The van der Waals surface area contributed by atoms with E-state index in [1.54, 1.807) is 24.3 Å². The Balaban J connectivity index is 2.05. The summed E-state index contributed by atoms with van der Waals surface area (Å²) in [5.41, 5.74) is 1.65. The van der Waals surface area contributed by atoms with Crippen molar-refractivity contribution in [3.63, 3.8) is 0 Å². The molecule has 0 saturated heterocycles. The van der Waals surface area contributed by atoms with E-state index >= 15 is 0 Å². The first-order valence-electron chi connectivity index (χ1n) is 11.6. The maximum atomic E-state index is 13.9. The van der Waals surface area contributed by atoms with Gasteiger partial charge in [0.05, 0.1) is 24.1 Å². The molecule has 0 fully saturated rings. The van der Waals surface area contributed by atoms with E-state index in [2.05, 4.69) is 5.32 Å². The molecule has 8 nitrogen and oxygen atoms in total. The SMILES string of the molecule is CNC(=O)C(Cc1ccccc1)N(Cc1cccc(OC)c1)C(=O)CN(c1ccc(Cl)cc1Cl)S(C)(=O)=O. The van der Waals surface area contributed by atoms with E-state index in [1.807, 2.05) is 30.3 Å². The highest BCUT2D eigenvalue weighted by atomic mass is 35.5. The summed E-state index contributed by atoms with van der Waals surface area (Å²) in [6.07, 6.45) is 1.20. The number of benzene rings is 3. The van der Waals surface area contributed by atoms with Crippen LogP contribution < -0.4 is 14.4 Å². The zero-order valence-corrected chi connectivity index (χ0v) is 23.6. The molecule has 0 aliphatic heterocycles. The van der Waals surface area contributed by atoms with Crippen molar-refractivity contribution < 1.29 is 22.7 Å². The highest BCUT2D eigenvalue weighted by molar-refractivity contribution is 7.92. The summed E-state index contributed by atoms with van der Waals surface area (Å²) >= 11 is 12.3. The van der Waals surface area contributed by atoms with Crippen LogP contribution >= 0.6 is 23.2 Å². The molecule has 0 aliphatic rings. The maximum Gasteiger partial charge on any atom is 0.244 e.